The molecule has 0 radical (unpaired) electrons. The van der Waals surface area contributed by atoms with Crippen LogP contribution in [0.1, 0.15) is 51.4 Å². The van der Waals surface area contributed by atoms with E-state index in [4.69, 9.17) is 5.11 Å². The number of hydrogen-bond donors (Lipinski definition) is 1. The van der Waals surface area contributed by atoms with E-state index in [-0.39, 0.29) is 0 Å². The molecule has 2 aliphatic heterocycles. The molecule has 2 atom stereocenters. The Morgan fingerprint density at radius 2 is 1.95 bits per heavy atom. The van der Waals surface area contributed by atoms with E-state index in [1.54, 1.807) is 0 Å². The molecule has 0 aromatic carbocycles. The van der Waals surface area contributed by atoms with Crippen LogP contribution in [0.25, 0.3) is 0 Å². The van der Waals surface area contributed by atoms with E-state index >= 15 is 0 Å². The van der Waals surface area contributed by atoms with Gasteiger partial charge in [0.15, 0.2) is 0 Å². The Morgan fingerprint density at radius 1 is 1.10 bits per heavy atom. The summed E-state index contributed by atoms with van der Waals surface area (Å²) in [6, 6.07) is 1.13. The number of aliphatic hydroxyl groups is 1. The van der Waals surface area contributed by atoms with Gasteiger partial charge in [0.2, 0.25) is 5.91 Å². The molecule has 114 valence electrons. The van der Waals surface area contributed by atoms with Crippen LogP contribution in [0.2, 0.25) is 0 Å². The molecule has 4 heteroatoms. The van der Waals surface area contributed by atoms with Crippen molar-refractivity contribution in [3.05, 3.63) is 0 Å². The molecular weight excluding hydrogens is 252 g/mol. The summed E-state index contributed by atoms with van der Waals surface area (Å²) >= 11 is 0. The van der Waals surface area contributed by atoms with Crippen molar-refractivity contribution in [1.82, 2.24) is 9.80 Å². The lowest BCUT2D eigenvalue weighted by atomic mass is 9.83. The molecule has 0 aromatic heterocycles. The van der Waals surface area contributed by atoms with E-state index in [1.165, 1.54) is 38.8 Å². The average Bonchev–Trinajstić information content (AvgIpc) is 3.28. The zero-order chi connectivity index (χ0) is 13.9. The monoisotopic (exact) mass is 280 g/mol. The number of hydrogen-bond acceptors (Lipinski definition) is 3. The lowest BCUT2D eigenvalue weighted by molar-refractivity contribution is -0.142. The van der Waals surface area contributed by atoms with Crippen LogP contribution in [-0.2, 0) is 4.79 Å². The topological polar surface area (TPSA) is 43.8 Å². The van der Waals surface area contributed by atoms with Crippen molar-refractivity contribution in [1.29, 1.82) is 0 Å². The molecule has 0 spiro atoms. The number of amides is 1. The summed E-state index contributed by atoms with van der Waals surface area (Å²) in [4.78, 5) is 17.0. The maximum absolute atomic E-state index is 12.1. The molecule has 0 bridgehead atoms. The molecule has 2 saturated heterocycles. The van der Waals surface area contributed by atoms with Crippen LogP contribution < -0.4 is 0 Å². The number of rotatable bonds is 6. The van der Waals surface area contributed by atoms with Gasteiger partial charge in [-0.2, -0.15) is 0 Å². The second-order valence-electron chi connectivity index (χ2n) is 6.77. The van der Waals surface area contributed by atoms with Gasteiger partial charge in [-0.15, -0.1) is 0 Å². The molecule has 1 N–H and O–H groups in total. The highest BCUT2D eigenvalue weighted by Gasteiger charge is 2.44. The first-order chi connectivity index (χ1) is 9.79. The molecule has 3 aliphatic rings. The van der Waals surface area contributed by atoms with Crippen LogP contribution in [0.5, 0.6) is 0 Å². The summed E-state index contributed by atoms with van der Waals surface area (Å²) in [6.45, 7) is 3.82. The zero-order valence-corrected chi connectivity index (χ0v) is 12.5. The molecule has 0 aromatic rings. The Hall–Kier alpha value is -0.610. The van der Waals surface area contributed by atoms with Gasteiger partial charge in [-0.25, -0.2) is 0 Å². The van der Waals surface area contributed by atoms with Gasteiger partial charge in [0.1, 0.15) is 0 Å². The molecule has 1 saturated carbocycles. The molecule has 2 unspecified atom stereocenters. The average molecular weight is 280 g/mol. The van der Waals surface area contributed by atoms with Gasteiger partial charge in [-0.05, 0) is 57.4 Å². The smallest absolute Gasteiger partial charge is 0.223 e. The summed E-state index contributed by atoms with van der Waals surface area (Å²) in [5.74, 6) is 1.13. The number of piperidine rings is 2. The Morgan fingerprint density at radius 3 is 2.70 bits per heavy atom. The molecule has 1 aliphatic carbocycles. The van der Waals surface area contributed by atoms with Crippen LogP contribution in [0, 0.1) is 5.92 Å². The molecular formula is C16H28N2O2. The quantitative estimate of drug-likeness (QED) is 0.752. The maximum atomic E-state index is 12.1. The third kappa shape index (κ3) is 3.17. The second kappa shape index (κ2) is 6.44. The van der Waals surface area contributed by atoms with Crippen molar-refractivity contribution in [3.8, 4) is 0 Å². The maximum Gasteiger partial charge on any atom is 0.223 e. The first kappa shape index (κ1) is 14.3. The number of aliphatic hydroxyl groups excluding tert-OH is 1. The van der Waals surface area contributed by atoms with Crippen LogP contribution >= 0.6 is 0 Å². The summed E-state index contributed by atoms with van der Waals surface area (Å²) in [5.41, 5.74) is 0. The van der Waals surface area contributed by atoms with E-state index in [9.17, 15) is 4.79 Å². The molecule has 20 heavy (non-hydrogen) atoms. The fraction of sp³-hybridized carbons (Fsp3) is 0.938. The highest BCUT2D eigenvalue weighted by Crippen LogP contribution is 2.38. The molecule has 1 amide bonds. The van der Waals surface area contributed by atoms with Gasteiger partial charge in [0, 0.05) is 38.2 Å². The predicted molar refractivity (Wildman–Crippen MR) is 78.4 cm³/mol. The van der Waals surface area contributed by atoms with Crippen molar-refractivity contribution in [2.24, 2.45) is 5.92 Å². The predicted octanol–water partition coefficient (Wildman–Crippen LogP) is 1.62. The molecule has 3 fully saturated rings. The minimum Gasteiger partial charge on any atom is -0.396 e. The number of unbranched alkanes of at least 4 members (excludes halogenated alkanes) is 2. The van der Waals surface area contributed by atoms with Crippen molar-refractivity contribution in [3.63, 3.8) is 0 Å². The Kier molecular flexibility index (Phi) is 4.61. The first-order valence-corrected chi connectivity index (χ1v) is 8.44. The third-order valence-corrected chi connectivity index (χ3v) is 5.22. The fourth-order valence-electron chi connectivity index (χ4n) is 4.02. The van der Waals surface area contributed by atoms with E-state index in [1.807, 2.05) is 0 Å². The standard InChI is InChI=1S/C16H28N2O2/c19-11-3-1-2-9-17-10-8-15-13(12-17)4-7-16(20)18(15)14-5-6-14/h13-15,19H,1-12H2. The van der Waals surface area contributed by atoms with Crippen molar-refractivity contribution >= 4 is 5.91 Å². The SMILES string of the molecule is O=C1CCC2CN(CCCCCO)CCC2N1C1CC1. The van der Waals surface area contributed by atoms with E-state index in [2.05, 4.69) is 9.80 Å². The molecule has 4 nitrogen and oxygen atoms in total. The Labute approximate surface area is 122 Å². The number of fused-ring (bicyclic) bond motifs is 1. The van der Waals surface area contributed by atoms with Crippen LogP contribution in [0.4, 0.5) is 0 Å². The summed E-state index contributed by atoms with van der Waals surface area (Å²) in [5, 5.41) is 8.82. The van der Waals surface area contributed by atoms with Crippen LogP contribution in [-0.4, -0.2) is 59.1 Å². The first-order valence-electron chi connectivity index (χ1n) is 8.44. The normalized spacial score (nSPS) is 31.4. The Bertz CT molecular complexity index is 343. The highest BCUT2D eigenvalue weighted by atomic mass is 16.2. The molecule has 3 rings (SSSR count). The van der Waals surface area contributed by atoms with E-state index in [0.29, 0.717) is 30.5 Å². The van der Waals surface area contributed by atoms with Gasteiger partial charge in [0.25, 0.3) is 0 Å². The Balaban J connectivity index is 1.49. The highest BCUT2D eigenvalue weighted by molar-refractivity contribution is 5.78. The number of carbonyl (C=O) groups excluding carboxylic acids is 1. The van der Waals surface area contributed by atoms with Crippen molar-refractivity contribution < 1.29 is 9.90 Å². The van der Waals surface area contributed by atoms with Gasteiger partial charge < -0.3 is 14.9 Å². The van der Waals surface area contributed by atoms with Crippen LogP contribution in [0.15, 0.2) is 0 Å². The van der Waals surface area contributed by atoms with E-state index < -0.39 is 0 Å². The lowest BCUT2D eigenvalue weighted by Crippen LogP contribution is -2.56. The molecule has 2 heterocycles. The van der Waals surface area contributed by atoms with Gasteiger partial charge in [-0.1, -0.05) is 0 Å². The third-order valence-electron chi connectivity index (χ3n) is 5.22. The zero-order valence-electron chi connectivity index (χ0n) is 12.5. The fourth-order valence-corrected chi connectivity index (χ4v) is 4.02. The summed E-state index contributed by atoms with van der Waals surface area (Å²) in [7, 11) is 0. The van der Waals surface area contributed by atoms with Crippen molar-refractivity contribution in [2.45, 2.75) is 63.5 Å². The van der Waals surface area contributed by atoms with Gasteiger partial charge in [-0.3, -0.25) is 4.79 Å². The summed E-state index contributed by atoms with van der Waals surface area (Å²) in [6.07, 6.45) is 8.78. The second-order valence-corrected chi connectivity index (χ2v) is 6.77. The minimum atomic E-state index is 0.323. The van der Waals surface area contributed by atoms with Gasteiger partial charge in [0.05, 0.1) is 0 Å². The minimum absolute atomic E-state index is 0.323. The largest absolute Gasteiger partial charge is 0.396 e. The van der Waals surface area contributed by atoms with Crippen molar-refractivity contribution in [2.75, 3.05) is 26.2 Å². The van der Waals surface area contributed by atoms with Crippen LogP contribution in [0.3, 0.4) is 0 Å². The number of likely N-dealkylation sites (tertiary alicyclic amines) is 2. The van der Waals surface area contributed by atoms with E-state index in [0.717, 1.165) is 32.2 Å². The number of nitrogens with zero attached hydrogens (tertiary/aromatic N) is 2. The lowest BCUT2D eigenvalue weighted by Gasteiger charge is -2.47. The summed E-state index contributed by atoms with van der Waals surface area (Å²) < 4.78 is 0. The number of carbonyl (C=O) groups is 1. The van der Waals surface area contributed by atoms with Gasteiger partial charge >= 0.3 is 0 Å².